The first-order chi connectivity index (χ1) is 15.2. The Balaban J connectivity index is 1.92. The first kappa shape index (κ1) is 22.7. The van der Waals surface area contributed by atoms with Crippen LogP contribution >= 0.6 is 0 Å². The molecular weight excluding hydrogens is 392 g/mol. The number of benzene rings is 2. The third kappa shape index (κ3) is 5.41. The van der Waals surface area contributed by atoms with Crippen LogP contribution in [0.2, 0.25) is 0 Å². The van der Waals surface area contributed by atoms with Crippen LogP contribution < -0.4 is 24.8 Å². The van der Waals surface area contributed by atoms with Crippen molar-refractivity contribution >= 4 is 12.0 Å². The number of methoxy groups -OCH3 is 3. The summed E-state index contributed by atoms with van der Waals surface area (Å²) in [7, 11) is 4.92. The molecule has 0 aliphatic carbocycles. The molecule has 0 spiro atoms. The molecule has 2 aromatic carbocycles. The van der Waals surface area contributed by atoms with E-state index in [4.69, 9.17) is 14.2 Å². The fraction of sp³-hybridized carbons (Fsp3) is 0.458. The molecule has 0 aromatic heterocycles. The number of nitrogens with one attached hydrogen (secondary N) is 1. The SMILES string of the molecule is CCCCCCCC(c1ccccc1)N1NN=CN1c1c(OC)cc(OC)cc1OC. The monoisotopic (exact) mass is 426 g/mol. The molecule has 1 aliphatic rings. The molecule has 0 radical (unpaired) electrons. The van der Waals surface area contributed by atoms with E-state index < -0.39 is 0 Å². The Morgan fingerprint density at radius 1 is 0.903 bits per heavy atom. The Hall–Kier alpha value is -2.93. The number of hydrogen-bond acceptors (Lipinski definition) is 7. The highest BCUT2D eigenvalue weighted by Crippen LogP contribution is 2.43. The molecule has 1 N–H and O–H groups in total. The van der Waals surface area contributed by atoms with Gasteiger partial charge >= 0.3 is 0 Å². The zero-order valence-electron chi connectivity index (χ0n) is 19.0. The van der Waals surface area contributed by atoms with Crippen molar-refractivity contribution in [3.63, 3.8) is 0 Å². The Morgan fingerprint density at radius 3 is 2.19 bits per heavy atom. The first-order valence-corrected chi connectivity index (χ1v) is 11.0. The summed E-state index contributed by atoms with van der Waals surface area (Å²) < 4.78 is 16.8. The fourth-order valence-electron chi connectivity index (χ4n) is 3.89. The molecule has 1 atom stereocenters. The van der Waals surface area contributed by atoms with Gasteiger partial charge in [-0.15, -0.1) is 5.12 Å². The molecule has 0 saturated heterocycles. The lowest BCUT2D eigenvalue weighted by molar-refractivity contribution is 0.138. The van der Waals surface area contributed by atoms with Crippen LogP contribution in [0.25, 0.3) is 0 Å². The van der Waals surface area contributed by atoms with Crippen LogP contribution in [0.4, 0.5) is 5.69 Å². The third-order valence-electron chi connectivity index (χ3n) is 5.54. The van der Waals surface area contributed by atoms with E-state index in [-0.39, 0.29) is 6.04 Å². The van der Waals surface area contributed by atoms with Gasteiger partial charge in [-0.3, -0.25) is 0 Å². The smallest absolute Gasteiger partial charge is 0.151 e. The van der Waals surface area contributed by atoms with Gasteiger partial charge in [-0.25, -0.2) is 10.5 Å². The van der Waals surface area contributed by atoms with Crippen LogP contribution in [0, 0.1) is 0 Å². The van der Waals surface area contributed by atoms with E-state index in [2.05, 4.69) is 41.8 Å². The summed E-state index contributed by atoms with van der Waals surface area (Å²) in [5, 5.41) is 8.36. The van der Waals surface area contributed by atoms with E-state index in [1.54, 1.807) is 27.7 Å². The van der Waals surface area contributed by atoms with Gasteiger partial charge in [0.05, 0.1) is 27.4 Å². The molecule has 3 rings (SSSR count). The van der Waals surface area contributed by atoms with Crippen LogP contribution in [0.3, 0.4) is 0 Å². The van der Waals surface area contributed by atoms with Crippen molar-refractivity contribution in [2.24, 2.45) is 5.10 Å². The average Bonchev–Trinajstić information content (AvgIpc) is 3.29. The van der Waals surface area contributed by atoms with Gasteiger partial charge in [0.1, 0.15) is 17.8 Å². The Bertz CT molecular complexity index is 819. The summed E-state index contributed by atoms with van der Waals surface area (Å²) >= 11 is 0. The van der Waals surface area contributed by atoms with Crippen molar-refractivity contribution in [2.45, 2.75) is 51.5 Å². The second-order valence-electron chi connectivity index (χ2n) is 7.54. The van der Waals surface area contributed by atoms with Crippen LogP contribution in [-0.4, -0.2) is 32.8 Å². The Kier molecular flexibility index (Phi) is 8.41. The predicted molar refractivity (Wildman–Crippen MR) is 125 cm³/mol. The molecule has 2 aromatic rings. The van der Waals surface area contributed by atoms with E-state index in [0.717, 1.165) is 18.5 Å². The number of rotatable bonds is 12. The van der Waals surface area contributed by atoms with Gasteiger partial charge in [0.25, 0.3) is 0 Å². The molecule has 168 valence electrons. The van der Waals surface area contributed by atoms with Gasteiger partial charge in [-0.2, -0.15) is 5.10 Å². The van der Waals surface area contributed by atoms with Gasteiger partial charge in [0, 0.05) is 12.1 Å². The highest BCUT2D eigenvalue weighted by Gasteiger charge is 2.32. The summed E-state index contributed by atoms with van der Waals surface area (Å²) in [6.07, 6.45) is 8.92. The molecule has 0 saturated carbocycles. The van der Waals surface area contributed by atoms with E-state index in [0.29, 0.717) is 17.2 Å². The van der Waals surface area contributed by atoms with Gasteiger partial charge in [0.15, 0.2) is 11.5 Å². The number of unbranched alkanes of at least 4 members (excludes halogenated alkanes) is 4. The summed E-state index contributed by atoms with van der Waals surface area (Å²) in [6, 6.07) is 14.3. The molecule has 1 aliphatic heterocycles. The number of hydrazine groups is 2. The van der Waals surface area contributed by atoms with Gasteiger partial charge in [-0.1, -0.05) is 69.4 Å². The van der Waals surface area contributed by atoms with E-state index in [1.807, 2.05) is 28.3 Å². The lowest BCUT2D eigenvalue weighted by Crippen LogP contribution is -2.46. The van der Waals surface area contributed by atoms with Crippen LogP contribution in [-0.2, 0) is 0 Å². The number of hydrazone groups is 1. The minimum Gasteiger partial charge on any atom is -0.496 e. The molecule has 0 bridgehead atoms. The largest absolute Gasteiger partial charge is 0.496 e. The molecule has 1 unspecified atom stereocenters. The number of hydrogen-bond donors (Lipinski definition) is 1. The maximum absolute atomic E-state index is 5.68. The standard InChI is InChI=1S/C24H34N4O3/c1-5-6-7-8-12-15-21(19-13-10-9-11-14-19)28-26-25-18-27(28)24-22(30-3)16-20(29-2)17-23(24)31-4/h9-11,13-14,16-18,21,26H,5-8,12,15H2,1-4H3. The molecular formula is C24H34N4O3. The normalized spacial score (nSPS) is 14.4. The van der Waals surface area contributed by atoms with Crippen LogP contribution in [0.1, 0.15) is 57.1 Å². The van der Waals surface area contributed by atoms with Crippen molar-refractivity contribution in [2.75, 3.05) is 26.3 Å². The number of nitrogens with zero attached hydrogens (tertiary/aromatic N) is 3. The zero-order chi connectivity index (χ0) is 22.1. The highest BCUT2D eigenvalue weighted by molar-refractivity contribution is 5.86. The van der Waals surface area contributed by atoms with Crippen molar-refractivity contribution in [3.8, 4) is 17.2 Å². The summed E-state index contributed by atoms with van der Waals surface area (Å²) in [5.74, 6) is 1.96. The fourth-order valence-corrected chi connectivity index (χ4v) is 3.89. The quantitative estimate of drug-likeness (QED) is 0.465. The van der Waals surface area contributed by atoms with Gasteiger partial charge in [-0.05, 0) is 12.0 Å². The summed E-state index contributed by atoms with van der Waals surface area (Å²) in [4.78, 5) is 0. The minimum absolute atomic E-state index is 0.0989. The average molecular weight is 427 g/mol. The van der Waals surface area contributed by atoms with Gasteiger partial charge < -0.3 is 14.2 Å². The molecule has 31 heavy (non-hydrogen) atoms. The maximum atomic E-state index is 5.68. The highest BCUT2D eigenvalue weighted by atomic mass is 16.5. The zero-order valence-corrected chi connectivity index (χ0v) is 19.0. The molecule has 7 nitrogen and oxygen atoms in total. The van der Waals surface area contributed by atoms with Crippen LogP contribution in [0.15, 0.2) is 47.6 Å². The summed E-state index contributed by atoms with van der Waals surface area (Å²) in [6.45, 7) is 2.24. The molecule has 0 fully saturated rings. The molecule has 0 amide bonds. The lowest BCUT2D eigenvalue weighted by Gasteiger charge is -2.35. The van der Waals surface area contributed by atoms with Crippen molar-refractivity contribution in [1.29, 1.82) is 0 Å². The second kappa shape index (κ2) is 11.5. The van der Waals surface area contributed by atoms with E-state index in [9.17, 15) is 0 Å². The minimum atomic E-state index is 0.0989. The molecule has 7 heteroatoms. The summed E-state index contributed by atoms with van der Waals surface area (Å²) in [5.41, 5.74) is 5.17. The van der Waals surface area contributed by atoms with Crippen molar-refractivity contribution < 1.29 is 14.2 Å². The van der Waals surface area contributed by atoms with Crippen molar-refractivity contribution in [1.82, 2.24) is 10.7 Å². The number of anilines is 1. The molecule has 1 heterocycles. The second-order valence-corrected chi connectivity index (χ2v) is 7.54. The van der Waals surface area contributed by atoms with Gasteiger partial charge in [0.2, 0.25) is 0 Å². The van der Waals surface area contributed by atoms with Crippen molar-refractivity contribution in [3.05, 3.63) is 48.0 Å². The first-order valence-electron chi connectivity index (χ1n) is 11.0. The Morgan fingerprint density at radius 2 is 1.58 bits per heavy atom. The van der Waals surface area contributed by atoms with Crippen LogP contribution in [0.5, 0.6) is 17.2 Å². The third-order valence-corrected chi connectivity index (χ3v) is 5.54. The lowest BCUT2D eigenvalue weighted by atomic mass is 10.00. The number of ether oxygens (including phenoxy) is 3. The predicted octanol–water partition coefficient (Wildman–Crippen LogP) is 5.30. The van der Waals surface area contributed by atoms with E-state index >= 15 is 0 Å². The maximum Gasteiger partial charge on any atom is 0.151 e. The van der Waals surface area contributed by atoms with E-state index in [1.165, 1.54) is 31.2 Å². The topological polar surface area (TPSA) is 58.6 Å². The Labute approximate surface area is 185 Å².